The number of para-hydroxylation sites is 1. The van der Waals surface area contributed by atoms with Gasteiger partial charge in [-0.25, -0.2) is 0 Å². The van der Waals surface area contributed by atoms with Gasteiger partial charge in [0, 0.05) is 5.56 Å². The standard InChI is InChI=1S/C9H12ClNO2.ClH/c1-5(12)8(11)6-3-2-4-7(10)9(6)13;/h2-5,8,12-13H,11H2,1H3;1H/t5-,8-;/m0./s1. The summed E-state index contributed by atoms with van der Waals surface area (Å²) in [7, 11) is 0. The van der Waals surface area contributed by atoms with Gasteiger partial charge in [0.05, 0.1) is 17.2 Å². The molecule has 0 spiro atoms. The molecule has 3 nitrogen and oxygen atoms in total. The first kappa shape index (κ1) is 13.5. The molecular formula is C9H13Cl2NO2. The summed E-state index contributed by atoms with van der Waals surface area (Å²) < 4.78 is 0. The van der Waals surface area contributed by atoms with Gasteiger partial charge >= 0.3 is 0 Å². The molecule has 0 unspecified atom stereocenters. The van der Waals surface area contributed by atoms with E-state index in [0.29, 0.717) is 5.56 Å². The lowest BCUT2D eigenvalue weighted by Gasteiger charge is -2.16. The van der Waals surface area contributed by atoms with E-state index < -0.39 is 12.1 Å². The van der Waals surface area contributed by atoms with Gasteiger partial charge in [-0.2, -0.15) is 0 Å². The van der Waals surface area contributed by atoms with Crippen molar-refractivity contribution in [2.75, 3.05) is 0 Å². The number of nitrogens with two attached hydrogens (primary N) is 1. The molecular weight excluding hydrogens is 225 g/mol. The highest BCUT2D eigenvalue weighted by Crippen LogP contribution is 2.31. The van der Waals surface area contributed by atoms with E-state index in [9.17, 15) is 10.2 Å². The van der Waals surface area contributed by atoms with Gasteiger partial charge in [-0.15, -0.1) is 12.4 Å². The molecule has 4 N–H and O–H groups in total. The topological polar surface area (TPSA) is 66.5 Å². The van der Waals surface area contributed by atoms with Crippen molar-refractivity contribution < 1.29 is 10.2 Å². The largest absolute Gasteiger partial charge is 0.506 e. The molecule has 2 atom stereocenters. The Kier molecular flexibility index (Phi) is 5.23. The highest BCUT2D eigenvalue weighted by molar-refractivity contribution is 6.32. The number of aliphatic hydroxyl groups is 1. The number of phenolic OH excluding ortho intramolecular Hbond substituents is 1. The van der Waals surface area contributed by atoms with Gasteiger partial charge in [-0.05, 0) is 13.0 Å². The number of phenols is 1. The van der Waals surface area contributed by atoms with Crippen LogP contribution in [0.25, 0.3) is 0 Å². The van der Waals surface area contributed by atoms with E-state index in [0.717, 1.165) is 0 Å². The minimum Gasteiger partial charge on any atom is -0.506 e. The molecule has 0 heterocycles. The maximum atomic E-state index is 9.49. The van der Waals surface area contributed by atoms with Crippen molar-refractivity contribution in [2.24, 2.45) is 5.73 Å². The molecule has 0 amide bonds. The summed E-state index contributed by atoms with van der Waals surface area (Å²) in [6, 6.07) is 4.27. The molecule has 5 heteroatoms. The number of hydrogen-bond donors (Lipinski definition) is 3. The smallest absolute Gasteiger partial charge is 0.139 e. The number of aromatic hydroxyl groups is 1. The summed E-state index contributed by atoms with van der Waals surface area (Å²) >= 11 is 5.68. The van der Waals surface area contributed by atoms with Gasteiger partial charge in [-0.3, -0.25) is 0 Å². The van der Waals surface area contributed by atoms with Crippen LogP contribution in [0, 0.1) is 0 Å². The van der Waals surface area contributed by atoms with Crippen molar-refractivity contribution in [2.45, 2.75) is 19.1 Å². The van der Waals surface area contributed by atoms with Gasteiger partial charge in [-0.1, -0.05) is 23.7 Å². The van der Waals surface area contributed by atoms with Crippen LogP contribution in [0.2, 0.25) is 5.02 Å². The van der Waals surface area contributed by atoms with Crippen molar-refractivity contribution in [3.8, 4) is 5.75 Å². The number of aliphatic hydroxyl groups excluding tert-OH is 1. The molecule has 0 aliphatic rings. The SMILES string of the molecule is C[C@H](O)[C@H](N)c1cccc(Cl)c1O.Cl. The van der Waals surface area contributed by atoms with Gasteiger partial charge in [0.15, 0.2) is 0 Å². The first-order valence-electron chi connectivity index (χ1n) is 3.95. The van der Waals surface area contributed by atoms with Crippen LogP contribution in [0.15, 0.2) is 18.2 Å². The lowest BCUT2D eigenvalue weighted by Crippen LogP contribution is -2.23. The summed E-state index contributed by atoms with van der Waals surface area (Å²) in [5.41, 5.74) is 6.10. The number of hydrogen-bond acceptors (Lipinski definition) is 3. The van der Waals surface area contributed by atoms with Gasteiger partial charge < -0.3 is 15.9 Å². The van der Waals surface area contributed by atoms with Crippen molar-refractivity contribution in [1.29, 1.82) is 0 Å². The average molecular weight is 238 g/mol. The molecule has 80 valence electrons. The third-order valence-corrected chi connectivity index (χ3v) is 2.20. The van der Waals surface area contributed by atoms with Crippen molar-refractivity contribution in [3.63, 3.8) is 0 Å². The molecule has 0 aromatic heterocycles. The van der Waals surface area contributed by atoms with Crippen LogP contribution >= 0.6 is 24.0 Å². The first-order valence-corrected chi connectivity index (χ1v) is 4.33. The van der Waals surface area contributed by atoms with Crippen LogP contribution in [0.4, 0.5) is 0 Å². The predicted octanol–water partition coefficient (Wildman–Crippen LogP) is 1.85. The predicted molar refractivity (Wildman–Crippen MR) is 59.0 cm³/mol. The maximum absolute atomic E-state index is 9.49. The molecule has 1 rings (SSSR count). The maximum Gasteiger partial charge on any atom is 0.139 e. The molecule has 0 aliphatic carbocycles. The average Bonchev–Trinajstić information content (AvgIpc) is 2.08. The number of halogens is 2. The fourth-order valence-electron chi connectivity index (χ4n) is 1.06. The number of benzene rings is 1. The van der Waals surface area contributed by atoms with Gasteiger partial charge in [0.1, 0.15) is 5.75 Å². The minimum absolute atomic E-state index is 0. The monoisotopic (exact) mass is 237 g/mol. The van der Waals surface area contributed by atoms with Crippen LogP contribution in [-0.4, -0.2) is 16.3 Å². The highest BCUT2D eigenvalue weighted by atomic mass is 35.5. The van der Waals surface area contributed by atoms with E-state index in [-0.39, 0.29) is 23.2 Å². The van der Waals surface area contributed by atoms with E-state index in [1.807, 2.05) is 0 Å². The Hall–Kier alpha value is -0.480. The van der Waals surface area contributed by atoms with Crippen LogP contribution in [0.5, 0.6) is 5.75 Å². The lowest BCUT2D eigenvalue weighted by molar-refractivity contribution is 0.163. The second-order valence-electron chi connectivity index (χ2n) is 2.94. The summed E-state index contributed by atoms with van der Waals surface area (Å²) in [6.45, 7) is 1.56. The normalized spacial score (nSPS) is 14.3. The van der Waals surface area contributed by atoms with E-state index in [1.54, 1.807) is 25.1 Å². The highest BCUT2D eigenvalue weighted by Gasteiger charge is 2.16. The molecule has 1 aromatic carbocycles. The quantitative estimate of drug-likeness (QED) is 0.736. The minimum atomic E-state index is -0.718. The second kappa shape index (κ2) is 5.41. The Balaban J connectivity index is 0.00000169. The fraction of sp³-hybridized carbons (Fsp3) is 0.333. The first-order chi connectivity index (χ1) is 6.04. The van der Waals surface area contributed by atoms with Crippen LogP contribution < -0.4 is 5.73 Å². The Morgan fingerprint density at radius 3 is 2.50 bits per heavy atom. The Morgan fingerprint density at radius 2 is 2.00 bits per heavy atom. The third kappa shape index (κ3) is 2.75. The molecule has 1 aromatic rings. The van der Waals surface area contributed by atoms with Gasteiger partial charge in [0.25, 0.3) is 0 Å². The zero-order valence-electron chi connectivity index (χ0n) is 7.64. The van der Waals surface area contributed by atoms with E-state index in [2.05, 4.69) is 0 Å². The zero-order valence-corrected chi connectivity index (χ0v) is 9.22. The summed E-state index contributed by atoms with van der Waals surface area (Å²) in [5, 5.41) is 18.9. The molecule has 0 saturated carbocycles. The number of rotatable bonds is 2. The summed E-state index contributed by atoms with van der Waals surface area (Å²) in [5.74, 6) is -0.0578. The zero-order chi connectivity index (χ0) is 10.0. The second-order valence-corrected chi connectivity index (χ2v) is 3.35. The van der Waals surface area contributed by atoms with Crippen LogP contribution in [-0.2, 0) is 0 Å². The fourth-order valence-corrected chi connectivity index (χ4v) is 1.24. The Labute approximate surface area is 93.9 Å². The third-order valence-electron chi connectivity index (χ3n) is 1.90. The Morgan fingerprint density at radius 1 is 1.43 bits per heavy atom. The molecule has 14 heavy (non-hydrogen) atoms. The van der Waals surface area contributed by atoms with Crippen molar-refractivity contribution in [3.05, 3.63) is 28.8 Å². The summed E-state index contributed by atoms with van der Waals surface area (Å²) in [4.78, 5) is 0. The van der Waals surface area contributed by atoms with Crippen molar-refractivity contribution >= 4 is 24.0 Å². The van der Waals surface area contributed by atoms with Crippen LogP contribution in [0.3, 0.4) is 0 Å². The van der Waals surface area contributed by atoms with E-state index in [4.69, 9.17) is 17.3 Å². The van der Waals surface area contributed by atoms with Crippen LogP contribution in [0.1, 0.15) is 18.5 Å². The van der Waals surface area contributed by atoms with E-state index >= 15 is 0 Å². The molecule has 0 radical (unpaired) electrons. The van der Waals surface area contributed by atoms with Gasteiger partial charge in [0.2, 0.25) is 0 Å². The lowest BCUT2D eigenvalue weighted by atomic mass is 10.0. The molecule has 0 saturated heterocycles. The molecule has 0 fully saturated rings. The molecule has 0 aliphatic heterocycles. The Bertz CT molecular complexity index is 305. The summed E-state index contributed by atoms with van der Waals surface area (Å²) in [6.07, 6.45) is -0.718. The van der Waals surface area contributed by atoms with Crippen molar-refractivity contribution in [1.82, 2.24) is 0 Å². The van der Waals surface area contributed by atoms with E-state index in [1.165, 1.54) is 0 Å². The molecule has 0 bridgehead atoms.